The number of likely N-dealkylation sites (tertiary alicyclic amines) is 1. The summed E-state index contributed by atoms with van der Waals surface area (Å²) in [7, 11) is -3.45. The highest BCUT2D eigenvalue weighted by atomic mass is 32.2. The highest BCUT2D eigenvalue weighted by molar-refractivity contribution is 7.88. The van der Waals surface area contributed by atoms with Crippen LogP contribution in [0, 0.1) is 17.2 Å². The van der Waals surface area contributed by atoms with E-state index < -0.39 is 16.1 Å². The van der Waals surface area contributed by atoms with Crippen molar-refractivity contribution >= 4 is 15.9 Å². The van der Waals surface area contributed by atoms with Crippen molar-refractivity contribution in [3.05, 3.63) is 59.4 Å². The number of sulfonamides is 1. The molecule has 0 spiro atoms. The molecule has 0 aromatic heterocycles. The van der Waals surface area contributed by atoms with E-state index in [-0.39, 0.29) is 29.1 Å². The monoisotopic (exact) mass is 440 g/mol. The molecule has 4 fully saturated rings. The third-order valence-electron chi connectivity index (χ3n) is 7.77. The molecule has 4 aliphatic carbocycles. The van der Waals surface area contributed by atoms with E-state index in [0.29, 0.717) is 24.4 Å². The number of rotatable bonds is 5. The summed E-state index contributed by atoms with van der Waals surface area (Å²) in [5, 5.41) is 0. The third kappa shape index (κ3) is 2.89. The molecule has 5 aliphatic rings. The van der Waals surface area contributed by atoms with E-state index in [1.807, 2.05) is 35.2 Å². The largest absolute Gasteiger partial charge is 0.337 e. The quantitative estimate of drug-likeness (QED) is 0.776. The molecule has 1 heterocycles. The minimum atomic E-state index is -3.45. The molecule has 0 radical (unpaired) electrons. The standard InChI is InChI=1S/C24H25FN2O3S/c1-31(29,30)26-18-9-10-27(23(28)24-11-14(12-24)13-24)22(18)21-19-16(7-8-17(25)20(19)21)15-5-3-2-4-6-15/h2-8,14,18,21-22,26H,9-13H2,1H3/t14?,18-,21-,22+,24?/m0/s1. The first-order valence-electron chi connectivity index (χ1n) is 10.9. The topological polar surface area (TPSA) is 66.5 Å². The van der Waals surface area contributed by atoms with Crippen LogP contribution in [0.2, 0.25) is 0 Å². The van der Waals surface area contributed by atoms with Gasteiger partial charge in [0.05, 0.1) is 17.7 Å². The van der Waals surface area contributed by atoms with E-state index in [9.17, 15) is 17.6 Å². The Kier molecular flexibility index (Phi) is 4.01. The molecular weight excluding hydrogens is 415 g/mol. The van der Waals surface area contributed by atoms with Gasteiger partial charge < -0.3 is 4.90 Å². The molecule has 7 heteroatoms. The average molecular weight is 441 g/mol. The lowest BCUT2D eigenvalue weighted by Gasteiger charge is -2.61. The van der Waals surface area contributed by atoms with Crippen molar-refractivity contribution in [3.8, 4) is 11.1 Å². The predicted molar refractivity (Wildman–Crippen MR) is 115 cm³/mol. The predicted octanol–water partition coefficient (Wildman–Crippen LogP) is 3.26. The third-order valence-corrected chi connectivity index (χ3v) is 8.50. The van der Waals surface area contributed by atoms with Crippen LogP contribution >= 0.6 is 0 Å². The fourth-order valence-corrected chi connectivity index (χ4v) is 7.10. The lowest BCUT2D eigenvalue weighted by molar-refractivity contribution is -0.178. The van der Waals surface area contributed by atoms with Gasteiger partial charge in [-0.3, -0.25) is 4.79 Å². The molecular formula is C24H25FN2O3S. The molecule has 2 bridgehead atoms. The first-order chi connectivity index (χ1) is 14.8. The number of nitrogens with zero attached hydrogens (tertiary/aromatic N) is 1. The number of hydrogen-bond acceptors (Lipinski definition) is 3. The Morgan fingerprint density at radius 3 is 2.42 bits per heavy atom. The van der Waals surface area contributed by atoms with Gasteiger partial charge in [0.1, 0.15) is 5.82 Å². The second-order valence-electron chi connectivity index (χ2n) is 9.80. The van der Waals surface area contributed by atoms with Crippen LogP contribution in [0.25, 0.3) is 11.1 Å². The van der Waals surface area contributed by atoms with Gasteiger partial charge in [-0.15, -0.1) is 0 Å². The number of hydrogen-bond donors (Lipinski definition) is 1. The number of amides is 1. The van der Waals surface area contributed by atoms with E-state index in [0.717, 1.165) is 42.2 Å². The molecule has 3 saturated carbocycles. The minimum Gasteiger partial charge on any atom is -0.337 e. The van der Waals surface area contributed by atoms with Gasteiger partial charge in [0, 0.05) is 24.1 Å². The molecule has 3 atom stereocenters. The van der Waals surface area contributed by atoms with Crippen molar-refractivity contribution in [3.63, 3.8) is 0 Å². The van der Waals surface area contributed by atoms with Crippen LogP contribution in [0.5, 0.6) is 0 Å². The van der Waals surface area contributed by atoms with Gasteiger partial charge in [-0.1, -0.05) is 36.4 Å². The van der Waals surface area contributed by atoms with Gasteiger partial charge in [0.15, 0.2) is 0 Å². The van der Waals surface area contributed by atoms with Crippen LogP contribution in [-0.2, 0) is 14.8 Å². The van der Waals surface area contributed by atoms with Crippen molar-refractivity contribution in [2.45, 2.75) is 43.7 Å². The van der Waals surface area contributed by atoms with Crippen LogP contribution in [-0.4, -0.2) is 44.1 Å². The Labute approximate surface area is 181 Å². The second kappa shape index (κ2) is 6.39. The van der Waals surface area contributed by atoms with Gasteiger partial charge in [-0.25, -0.2) is 17.5 Å². The summed E-state index contributed by atoms with van der Waals surface area (Å²) < 4.78 is 41.7. The van der Waals surface area contributed by atoms with E-state index in [4.69, 9.17) is 0 Å². The van der Waals surface area contributed by atoms with Crippen molar-refractivity contribution < 1.29 is 17.6 Å². The van der Waals surface area contributed by atoms with Crippen molar-refractivity contribution in [1.29, 1.82) is 0 Å². The lowest BCUT2D eigenvalue weighted by Crippen LogP contribution is -2.62. The van der Waals surface area contributed by atoms with Crippen LogP contribution in [0.3, 0.4) is 0 Å². The smallest absolute Gasteiger partial charge is 0.229 e. The van der Waals surface area contributed by atoms with Crippen LogP contribution in [0.4, 0.5) is 4.39 Å². The summed E-state index contributed by atoms with van der Waals surface area (Å²) in [6.07, 6.45) is 4.53. The maximum Gasteiger partial charge on any atom is 0.229 e. The maximum atomic E-state index is 14.8. The molecule has 7 rings (SSSR count). The summed E-state index contributed by atoms with van der Waals surface area (Å²) in [6.45, 7) is 0.510. The minimum absolute atomic E-state index is 0.136. The normalized spacial score (nSPS) is 32.8. The van der Waals surface area contributed by atoms with Crippen LogP contribution in [0.15, 0.2) is 42.5 Å². The highest BCUT2D eigenvalue weighted by Gasteiger charge is 2.64. The van der Waals surface area contributed by atoms with E-state index in [1.165, 1.54) is 6.07 Å². The molecule has 162 valence electrons. The zero-order valence-corrected chi connectivity index (χ0v) is 18.2. The lowest BCUT2D eigenvalue weighted by atomic mass is 9.44. The molecule has 1 aliphatic heterocycles. The Morgan fingerprint density at radius 2 is 1.81 bits per heavy atom. The summed E-state index contributed by atoms with van der Waals surface area (Å²) >= 11 is 0. The van der Waals surface area contributed by atoms with Gasteiger partial charge in [-0.2, -0.15) is 0 Å². The Bertz CT molecular complexity index is 1180. The number of nitrogens with one attached hydrogen (secondary N) is 1. The number of halogens is 1. The number of carbonyl (C=O) groups is 1. The highest BCUT2D eigenvalue weighted by Crippen LogP contribution is 2.66. The first kappa shape index (κ1) is 19.4. The van der Waals surface area contributed by atoms with E-state index in [1.54, 1.807) is 6.07 Å². The number of carbonyl (C=O) groups excluding carboxylic acids is 1. The van der Waals surface area contributed by atoms with Crippen LogP contribution in [0.1, 0.15) is 42.7 Å². The summed E-state index contributed by atoms with van der Waals surface area (Å²) in [5.41, 5.74) is 3.26. The average Bonchev–Trinajstić information content (AvgIpc) is 3.25. The van der Waals surface area contributed by atoms with Crippen molar-refractivity contribution in [2.75, 3.05) is 12.8 Å². The van der Waals surface area contributed by atoms with Crippen LogP contribution < -0.4 is 4.72 Å². The van der Waals surface area contributed by atoms with E-state index >= 15 is 0 Å². The molecule has 1 saturated heterocycles. The van der Waals surface area contributed by atoms with Gasteiger partial charge in [-0.05, 0) is 54.4 Å². The summed E-state index contributed by atoms with van der Waals surface area (Å²) in [4.78, 5) is 15.4. The SMILES string of the molecule is CS(=O)(=O)N[C@H]1CCN(C(=O)C23CC(C2)C3)[C@H]1[C@@H]1c2c(F)ccc(-c3ccccc3)c21. The molecule has 1 N–H and O–H groups in total. The van der Waals surface area contributed by atoms with E-state index in [2.05, 4.69) is 4.72 Å². The summed E-state index contributed by atoms with van der Waals surface area (Å²) in [6, 6.07) is 12.3. The fourth-order valence-electron chi connectivity index (χ4n) is 6.29. The van der Waals surface area contributed by atoms with Crippen molar-refractivity contribution in [2.24, 2.45) is 11.3 Å². The fraction of sp³-hybridized carbons (Fsp3) is 0.458. The molecule has 31 heavy (non-hydrogen) atoms. The zero-order chi connectivity index (χ0) is 21.5. The molecule has 2 aromatic carbocycles. The van der Waals surface area contributed by atoms with Gasteiger partial charge in [0.2, 0.25) is 15.9 Å². The Balaban J connectivity index is 1.39. The zero-order valence-electron chi connectivity index (χ0n) is 17.3. The summed E-state index contributed by atoms with van der Waals surface area (Å²) in [5.74, 6) is 0.262. The number of benzene rings is 2. The van der Waals surface area contributed by atoms with Crippen molar-refractivity contribution in [1.82, 2.24) is 9.62 Å². The molecule has 0 unspecified atom stereocenters. The van der Waals surface area contributed by atoms with Gasteiger partial charge in [0.25, 0.3) is 0 Å². The number of fused-ring (bicyclic) bond motifs is 1. The Morgan fingerprint density at radius 1 is 1.10 bits per heavy atom. The molecule has 2 aromatic rings. The maximum absolute atomic E-state index is 14.8. The Hall–Kier alpha value is -2.25. The molecule has 1 amide bonds. The second-order valence-corrected chi connectivity index (χ2v) is 11.6. The first-order valence-corrected chi connectivity index (χ1v) is 12.8. The van der Waals surface area contributed by atoms with Gasteiger partial charge >= 0.3 is 0 Å². The molecule has 5 nitrogen and oxygen atoms in total.